The second kappa shape index (κ2) is 11.7. The van der Waals surface area contributed by atoms with Crippen LogP contribution in [0, 0.1) is 5.92 Å². The van der Waals surface area contributed by atoms with Crippen molar-refractivity contribution in [2.24, 2.45) is 5.92 Å². The molecule has 0 heterocycles. The van der Waals surface area contributed by atoms with E-state index in [4.69, 9.17) is 33.2 Å². The molecule has 1 aliphatic carbocycles. The zero-order chi connectivity index (χ0) is 26.4. The highest BCUT2D eigenvalue weighted by Gasteiger charge is 2.43. The average molecular weight is 501 g/mol. The lowest BCUT2D eigenvalue weighted by Crippen LogP contribution is -2.33. The Bertz CT molecular complexity index is 1130. The quantitative estimate of drug-likeness (QED) is 0.448. The van der Waals surface area contributed by atoms with Crippen molar-refractivity contribution in [3.8, 4) is 28.7 Å². The van der Waals surface area contributed by atoms with Crippen molar-refractivity contribution in [3.05, 3.63) is 46.5 Å². The van der Waals surface area contributed by atoms with Gasteiger partial charge < -0.3 is 33.2 Å². The molecule has 0 fully saturated rings. The molecule has 0 aliphatic heterocycles. The third kappa shape index (κ3) is 4.91. The lowest BCUT2D eigenvalue weighted by molar-refractivity contribution is -0.150. The van der Waals surface area contributed by atoms with E-state index in [0.29, 0.717) is 39.9 Å². The average Bonchev–Trinajstić information content (AvgIpc) is 2.90. The summed E-state index contributed by atoms with van der Waals surface area (Å²) in [6, 6.07) is 7.08. The highest BCUT2D eigenvalue weighted by atomic mass is 16.5. The molecule has 36 heavy (non-hydrogen) atoms. The van der Waals surface area contributed by atoms with Crippen LogP contribution in [0.4, 0.5) is 0 Å². The van der Waals surface area contributed by atoms with Gasteiger partial charge in [-0.2, -0.15) is 0 Å². The van der Waals surface area contributed by atoms with Crippen LogP contribution < -0.4 is 23.7 Å². The number of methoxy groups -OCH3 is 5. The first-order valence-corrected chi connectivity index (χ1v) is 11.5. The number of carbonyl (C=O) groups excluding carboxylic acids is 2. The Morgan fingerprint density at radius 3 is 1.78 bits per heavy atom. The minimum Gasteiger partial charge on any atom is -0.493 e. The van der Waals surface area contributed by atoms with Gasteiger partial charge in [-0.05, 0) is 60.9 Å². The molecule has 9 nitrogen and oxygen atoms in total. The Morgan fingerprint density at radius 1 is 0.722 bits per heavy atom. The van der Waals surface area contributed by atoms with Crippen LogP contribution in [-0.4, -0.2) is 60.7 Å². The van der Waals surface area contributed by atoms with Gasteiger partial charge >= 0.3 is 11.9 Å². The van der Waals surface area contributed by atoms with E-state index in [1.165, 1.54) is 35.5 Å². The number of carbonyl (C=O) groups is 2. The van der Waals surface area contributed by atoms with Crippen LogP contribution in [0.15, 0.2) is 29.8 Å². The predicted molar refractivity (Wildman–Crippen MR) is 132 cm³/mol. The molecule has 2 aromatic carbocycles. The molecule has 0 radical (unpaired) electrons. The Hall–Kier alpha value is -3.88. The monoisotopic (exact) mass is 500 g/mol. The van der Waals surface area contributed by atoms with Crippen LogP contribution in [0.25, 0.3) is 6.08 Å². The van der Waals surface area contributed by atoms with E-state index in [0.717, 1.165) is 5.56 Å². The van der Waals surface area contributed by atoms with Gasteiger partial charge in [-0.15, -0.1) is 0 Å². The van der Waals surface area contributed by atoms with Gasteiger partial charge in [-0.25, -0.2) is 4.79 Å². The maximum Gasteiger partial charge on any atom is 0.334 e. The van der Waals surface area contributed by atoms with Gasteiger partial charge in [0.15, 0.2) is 23.0 Å². The van der Waals surface area contributed by atoms with E-state index in [-0.39, 0.29) is 18.8 Å². The molecule has 0 bridgehead atoms. The standard InChI is InChI=1S/C27H32O9/c1-8-35-26(28)18-10-15-11-19(30-3)20(31-4)14-17(15)23(24(18)27(29)36-9-2)16-12-21(32-5)25(34-7)22(13-16)33-6/h10-14,23-24H,8-9H2,1-7H3/t23-,24-/m1/s1. The number of rotatable bonds is 10. The molecule has 3 rings (SSSR count). The molecule has 1 aliphatic rings. The normalized spacial score (nSPS) is 16.2. The summed E-state index contributed by atoms with van der Waals surface area (Å²) < 4.78 is 38.4. The second-order valence-electron chi connectivity index (χ2n) is 7.82. The minimum absolute atomic E-state index is 0.145. The Morgan fingerprint density at radius 2 is 1.28 bits per heavy atom. The van der Waals surface area contributed by atoms with Crippen LogP contribution in [0.2, 0.25) is 0 Å². The molecule has 0 N–H and O–H groups in total. The molecule has 0 unspecified atom stereocenters. The largest absolute Gasteiger partial charge is 0.493 e. The molecule has 0 saturated carbocycles. The van der Waals surface area contributed by atoms with Crippen LogP contribution in [-0.2, 0) is 19.1 Å². The van der Waals surface area contributed by atoms with Crippen molar-refractivity contribution in [1.82, 2.24) is 0 Å². The number of benzene rings is 2. The summed E-state index contributed by atoms with van der Waals surface area (Å²) in [5, 5.41) is 0. The smallest absolute Gasteiger partial charge is 0.334 e. The molecular weight excluding hydrogens is 468 g/mol. The Balaban J connectivity index is 2.39. The number of esters is 2. The summed E-state index contributed by atoms with van der Waals surface area (Å²) in [4.78, 5) is 26.5. The highest BCUT2D eigenvalue weighted by Crippen LogP contribution is 2.50. The number of hydrogen-bond donors (Lipinski definition) is 0. The number of ether oxygens (including phenoxy) is 7. The van der Waals surface area contributed by atoms with E-state index < -0.39 is 23.8 Å². The second-order valence-corrected chi connectivity index (χ2v) is 7.82. The third-order valence-corrected chi connectivity index (χ3v) is 6.00. The molecule has 0 aromatic heterocycles. The fraction of sp³-hybridized carbons (Fsp3) is 0.407. The molecular formula is C27H32O9. The molecule has 0 spiro atoms. The van der Waals surface area contributed by atoms with Crippen LogP contribution in [0.1, 0.15) is 36.5 Å². The maximum absolute atomic E-state index is 13.4. The van der Waals surface area contributed by atoms with Crippen LogP contribution in [0.5, 0.6) is 28.7 Å². The van der Waals surface area contributed by atoms with Gasteiger partial charge in [0, 0.05) is 5.92 Å². The lowest BCUT2D eigenvalue weighted by atomic mass is 9.71. The first kappa shape index (κ1) is 26.7. The number of hydrogen-bond acceptors (Lipinski definition) is 9. The molecule has 2 aromatic rings. The molecule has 9 heteroatoms. The zero-order valence-electron chi connectivity index (χ0n) is 21.6. The fourth-order valence-electron chi connectivity index (χ4n) is 4.47. The summed E-state index contributed by atoms with van der Waals surface area (Å²) in [7, 11) is 7.59. The maximum atomic E-state index is 13.4. The van der Waals surface area contributed by atoms with Crippen molar-refractivity contribution >= 4 is 18.0 Å². The Kier molecular flexibility index (Phi) is 8.68. The molecule has 194 valence electrons. The summed E-state index contributed by atoms with van der Waals surface area (Å²) >= 11 is 0. The van der Waals surface area contributed by atoms with Crippen molar-refractivity contribution in [2.45, 2.75) is 19.8 Å². The van der Waals surface area contributed by atoms with Crippen molar-refractivity contribution in [2.75, 3.05) is 48.8 Å². The van der Waals surface area contributed by atoms with E-state index in [1.807, 2.05) is 0 Å². The van der Waals surface area contributed by atoms with Crippen LogP contribution >= 0.6 is 0 Å². The third-order valence-electron chi connectivity index (χ3n) is 6.00. The van der Waals surface area contributed by atoms with E-state index in [2.05, 4.69) is 0 Å². The lowest BCUT2D eigenvalue weighted by Gasteiger charge is -2.33. The van der Waals surface area contributed by atoms with Crippen molar-refractivity contribution < 1.29 is 42.7 Å². The highest BCUT2D eigenvalue weighted by molar-refractivity contribution is 6.02. The fourth-order valence-corrected chi connectivity index (χ4v) is 4.47. The number of fused-ring (bicyclic) bond motifs is 1. The van der Waals surface area contributed by atoms with Gasteiger partial charge in [0.1, 0.15) is 0 Å². The van der Waals surface area contributed by atoms with Gasteiger partial charge in [0.2, 0.25) is 5.75 Å². The molecule has 2 atom stereocenters. The minimum atomic E-state index is -1.00. The summed E-state index contributed by atoms with van der Waals surface area (Å²) in [6.07, 6.45) is 1.64. The Labute approximate surface area is 210 Å². The summed E-state index contributed by atoms with van der Waals surface area (Å²) in [6.45, 7) is 3.72. The zero-order valence-corrected chi connectivity index (χ0v) is 21.6. The summed E-state index contributed by atoms with van der Waals surface area (Å²) in [5.74, 6) is -0.662. The van der Waals surface area contributed by atoms with Gasteiger partial charge in [-0.3, -0.25) is 4.79 Å². The SMILES string of the molecule is CCOC(=O)C1=Cc2cc(OC)c(OC)cc2[C@@H](c2cc(OC)c(OC)c(OC)c2)[C@@H]1C(=O)OCC. The van der Waals surface area contributed by atoms with E-state index in [1.54, 1.807) is 44.2 Å². The summed E-state index contributed by atoms with van der Waals surface area (Å²) in [5.41, 5.74) is 2.22. The van der Waals surface area contributed by atoms with E-state index in [9.17, 15) is 9.59 Å². The van der Waals surface area contributed by atoms with Crippen LogP contribution in [0.3, 0.4) is 0 Å². The topological polar surface area (TPSA) is 98.8 Å². The van der Waals surface area contributed by atoms with Crippen molar-refractivity contribution in [3.63, 3.8) is 0 Å². The van der Waals surface area contributed by atoms with Gasteiger partial charge in [0.25, 0.3) is 0 Å². The molecule has 0 amide bonds. The van der Waals surface area contributed by atoms with E-state index >= 15 is 0 Å². The first-order valence-electron chi connectivity index (χ1n) is 11.5. The molecule has 0 saturated heterocycles. The first-order chi connectivity index (χ1) is 17.4. The van der Waals surface area contributed by atoms with Gasteiger partial charge in [0.05, 0.1) is 60.3 Å². The van der Waals surface area contributed by atoms with Gasteiger partial charge in [-0.1, -0.05) is 0 Å². The van der Waals surface area contributed by atoms with Crippen molar-refractivity contribution in [1.29, 1.82) is 0 Å². The predicted octanol–water partition coefficient (Wildman–Crippen LogP) is 4.00.